The van der Waals surface area contributed by atoms with Gasteiger partial charge in [-0.2, -0.15) is 0 Å². The Hall–Kier alpha value is -1.59. The van der Waals surface area contributed by atoms with Gasteiger partial charge in [0, 0.05) is 19.3 Å². The Morgan fingerprint density at radius 3 is 0.852 bits per heavy atom. The molecule has 2 atom stereocenters. The summed E-state index contributed by atoms with van der Waals surface area (Å²) >= 11 is 0. The van der Waals surface area contributed by atoms with Crippen molar-refractivity contribution in [3.05, 3.63) is 0 Å². The molecule has 0 N–H and O–H groups in total. The van der Waals surface area contributed by atoms with Gasteiger partial charge in [0.25, 0.3) is 0 Å². The van der Waals surface area contributed by atoms with Crippen molar-refractivity contribution >= 4 is 17.9 Å². The van der Waals surface area contributed by atoms with Gasteiger partial charge >= 0.3 is 17.9 Å². The zero-order valence-electron chi connectivity index (χ0n) is 42.0. The quantitative estimate of drug-likeness (QED) is 0.0344. The molecule has 0 rings (SSSR count). The van der Waals surface area contributed by atoms with Crippen molar-refractivity contribution in [1.82, 2.24) is 0 Å². The summed E-state index contributed by atoms with van der Waals surface area (Å²) in [5, 5.41) is 0. The molecule has 6 nitrogen and oxygen atoms in total. The first kappa shape index (κ1) is 59.4. The Labute approximate surface area is 380 Å². The topological polar surface area (TPSA) is 78.9 Å². The van der Waals surface area contributed by atoms with Crippen LogP contribution >= 0.6 is 0 Å². The number of unbranched alkanes of at least 4 members (excludes halogenated alkanes) is 30. The average molecular weight is 863 g/mol. The molecule has 0 fully saturated rings. The molecule has 0 aromatic heterocycles. The number of hydrogen-bond acceptors (Lipinski definition) is 6. The van der Waals surface area contributed by atoms with Crippen LogP contribution in [-0.2, 0) is 28.6 Å². The second-order valence-electron chi connectivity index (χ2n) is 20.1. The Balaban J connectivity index is 4.28. The third-order valence-corrected chi connectivity index (χ3v) is 12.8. The number of carbonyl (C=O) groups excluding carboxylic acids is 3. The fourth-order valence-electron chi connectivity index (χ4n) is 8.26. The van der Waals surface area contributed by atoms with Crippen LogP contribution in [0.3, 0.4) is 0 Å². The van der Waals surface area contributed by atoms with Crippen LogP contribution in [0, 0.1) is 17.8 Å². The molecule has 0 aliphatic rings. The van der Waals surface area contributed by atoms with E-state index < -0.39 is 6.10 Å². The molecule has 1 unspecified atom stereocenters. The third-order valence-electron chi connectivity index (χ3n) is 12.8. The van der Waals surface area contributed by atoms with Crippen molar-refractivity contribution in [2.24, 2.45) is 17.8 Å². The van der Waals surface area contributed by atoms with E-state index in [2.05, 4.69) is 41.5 Å². The average Bonchev–Trinajstić information content (AvgIpc) is 3.23. The van der Waals surface area contributed by atoms with Gasteiger partial charge < -0.3 is 14.2 Å². The lowest BCUT2D eigenvalue weighted by Gasteiger charge is -2.18. The van der Waals surface area contributed by atoms with Crippen LogP contribution in [0.15, 0.2) is 0 Å². The molecule has 0 aromatic carbocycles. The first-order chi connectivity index (χ1) is 29.6. The van der Waals surface area contributed by atoms with E-state index >= 15 is 0 Å². The van der Waals surface area contributed by atoms with Crippen molar-refractivity contribution in [3.8, 4) is 0 Å². The molecular formula is C55H106O6. The Morgan fingerprint density at radius 2 is 0.574 bits per heavy atom. The monoisotopic (exact) mass is 863 g/mol. The summed E-state index contributed by atoms with van der Waals surface area (Å²) in [6.45, 7) is 13.7. The van der Waals surface area contributed by atoms with Crippen molar-refractivity contribution < 1.29 is 28.6 Å². The zero-order valence-corrected chi connectivity index (χ0v) is 42.0. The van der Waals surface area contributed by atoms with Crippen LogP contribution in [0.5, 0.6) is 0 Å². The second-order valence-corrected chi connectivity index (χ2v) is 20.1. The summed E-state index contributed by atoms with van der Waals surface area (Å²) < 4.78 is 16.8. The van der Waals surface area contributed by atoms with E-state index in [1.54, 1.807) is 0 Å². The maximum absolute atomic E-state index is 12.8. The first-order valence-electron chi connectivity index (χ1n) is 27.1. The maximum atomic E-state index is 12.8. The summed E-state index contributed by atoms with van der Waals surface area (Å²) in [5.74, 6) is 1.66. The van der Waals surface area contributed by atoms with Gasteiger partial charge in [-0.05, 0) is 37.0 Å². The summed E-state index contributed by atoms with van der Waals surface area (Å²) in [6, 6.07) is 0. The lowest BCUT2D eigenvalue weighted by Crippen LogP contribution is -2.30. The van der Waals surface area contributed by atoms with Crippen molar-refractivity contribution in [3.63, 3.8) is 0 Å². The lowest BCUT2D eigenvalue weighted by atomic mass is 9.99. The van der Waals surface area contributed by atoms with Gasteiger partial charge in [0.2, 0.25) is 0 Å². The van der Waals surface area contributed by atoms with Gasteiger partial charge in [0.1, 0.15) is 13.2 Å². The van der Waals surface area contributed by atoms with Crippen LogP contribution in [0.1, 0.15) is 298 Å². The molecule has 0 saturated carbocycles. The third kappa shape index (κ3) is 47.7. The highest BCUT2D eigenvalue weighted by molar-refractivity contribution is 5.71. The van der Waals surface area contributed by atoms with E-state index in [0.29, 0.717) is 19.3 Å². The highest BCUT2D eigenvalue weighted by atomic mass is 16.6. The van der Waals surface area contributed by atoms with E-state index in [-0.39, 0.29) is 31.1 Å². The van der Waals surface area contributed by atoms with E-state index in [1.165, 1.54) is 180 Å². The van der Waals surface area contributed by atoms with E-state index in [0.717, 1.165) is 75.5 Å². The standard InChI is InChI=1S/C55H106O6/c1-7-51(6)43-37-31-25-19-15-10-8-9-11-17-21-27-34-40-46-55(58)61-52(48-60-54(57)45-39-33-28-22-24-30-36-42-50(4)5)47-59-53(56)44-38-32-26-20-16-13-12-14-18-23-29-35-41-49(2)3/h49-52H,7-48H2,1-6H3/t51?,52-/m0/s1. The van der Waals surface area contributed by atoms with Crippen LogP contribution in [0.4, 0.5) is 0 Å². The minimum absolute atomic E-state index is 0.0647. The van der Waals surface area contributed by atoms with Gasteiger partial charge in [0.05, 0.1) is 0 Å². The Morgan fingerprint density at radius 1 is 0.328 bits per heavy atom. The predicted octanol–water partition coefficient (Wildman–Crippen LogP) is 17.6. The predicted molar refractivity (Wildman–Crippen MR) is 261 cm³/mol. The summed E-state index contributed by atoms with van der Waals surface area (Å²) in [6.07, 6.45) is 46.6. The molecule has 0 aliphatic heterocycles. The molecule has 0 amide bonds. The van der Waals surface area contributed by atoms with Gasteiger partial charge in [-0.3, -0.25) is 14.4 Å². The minimum Gasteiger partial charge on any atom is -0.462 e. The number of rotatable bonds is 48. The molecule has 61 heavy (non-hydrogen) atoms. The molecule has 0 radical (unpaired) electrons. The summed E-state index contributed by atoms with van der Waals surface area (Å²) in [7, 11) is 0. The summed E-state index contributed by atoms with van der Waals surface area (Å²) in [4.78, 5) is 38.0. The first-order valence-corrected chi connectivity index (χ1v) is 27.1. The van der Waals surface area contributed by atoms with E-state index in [1.807, 2.05) is 0 Å². The van der Waals surface area contributed by atoms with Gasteiger partial charge in [0.15, 0.2) is 6.10 Å². The molecular weight excluding hydrogens is 757 g/mol. The highest BCUT2D eigenvalue weighted by Crippen LogP contribution is 2.18. The Bertz CT molecular complexity index is 947. The largest absolute Gasteiger partial charge is 0.462 e. The van der Waals surface area contributed by atoms with Crippen molar-refractivity contribution in [2.75, 3.05) is 13.2 Å². The normalized spacial score (nSPS) is 12.6. The molecule has 0 bridgehead atoms. The van der Waals surface area contributed by atoms with Crippen LogP contribution in [0.25, 0.3) is 0 Å². The molecule has 0 heterocycles. The van der Waals surface area contributed by atoms with Gasteiger partial charge in [-0.1, -0.05) is 260 Å². The lowest BCUT2D eigenvalue weighted by molar-refractivity contribution is -0.167. The minimum atomic E-state index is -0.763. The van der Waals surface area contributed by atoms with Crippen molar-refractivity contribution in [1.29, 1.82) is 0 Å². The number of esters is 3. The molecule has 362 valence electrons. The number of carbonyl (C=O) groups is 3. The SMILES string of the molecule is CCC(C)CCCCCCCCCCCCCCCCC(=O)O[C@@H](COC(=O)CCCCCCCCCCCCCCC(C)C)COC(=O)CCCCCCCCCC(C)C. The van der Waals surface area contributed by atoms with Gasteiger partial charge in [-0.15, -0.1) is 0 Å². The fourth-order valence-corrected chi connectivity index (χ4v) is 8.26. The Kier molecular flexibility index (Phi) is 45.2. The van der Waals surface area contributed by atoms with Crippen LogP contribution in [-0.4, -0.2) is 37.2 Å². The van der Waals surface area contributed by atoms with Gasteiger partial charge in [-0.25, -0.2) is 0 Å². The second kappa shape index (κ2) is 46.4. The zero-order chi connectivity index (χ0) is 44.9. The molecule has 0 spiro atoms. The molecule has 6 heteroatoms. The van der Waals surface area contributed by atoms with E-state index in [9.17, 15) is 14.4 Å². The summed E-state index contributed by atoms with van der Waals surface area (Å²) in [5.41, 5.74) is 0. The van der Waals surface area contributed by atoms with E-state index in [4.69, 9.17) is 14.2 Å². The maximum Gasteiger partial charge on any atom is 0.306 e. The number of ether oxygens (including phenoxy) is 3. The fraction of sp³-hybridized carbons (Fsp3) is 0.945. The van der Waals surface area contributed by atoms with Crippen LogP contribution in [0.2, 0.25) is 0 Å². The molecule has 0 saturated heterocycles. The smallest absolute Gasteiger partial charge is 0.306 e. The molecule has 0 aromatic rings. The number of hydrogen-bond donors (Lipinski definition) is 0. The van der Waals surface area contributed by atoms with Crippen molar-refractivity contribution in [2.45, 2.75) is 304 Å². The van der Waals surface area contributed by atoms with Crippen LogP contribution < -0.4 is 0 Å². The molecule has 0 aliphatic carbocycles. The highest BCUT2D eigenvalue weighted by Gasteiger charge is 2.19.